The van der Waals surface area contributed by atoms with Crippen LogP contribution in [0.4, 0.5) is 0 Å². The molecule has 3 rings (SSSR count). The van der Waals surface area contributed by atoms with Crippen LogP contribution in [0.1, 0.15) is 17.5 Å². The van der Waals surface area contributed by atoms with Gasteiger partial charge in [0.1, 0.15) is 11.7 Å². The van der Waals surface area contributed by atoms with Crippen LogP contribution in [0, 0.1) is 0 Å². The van der Waals surface area contributed by atoms with Crippen molar-refractivity contribution in [2.24, 2.45) is 5.73 Å². The van der Waals surface area contributed by atoms with E-state index in [4.69, 9.17) is 10.2 Å². The van der Waals surface area contributed by atoms with Crippen molar-refractivity contribution in [3.63, 3.8) is 0 Å². The molecule has 3 aromatic rings. The fraction of sp³-hybridized carbons (Fsp3) is 0.0833. The minimum absolute atomic E-state index is 0.393. The van der Waals surface area contributed by atoms with Crippen molar-refractivity contribution < 1.29 is 4.42 Å². The van der Waals surface area contributed by atoms with Gasteiger partial charge >= 0.3 is 0 Å². The summed E-state index contributed by atoms with van der Waals surface area (Å²) in [4.78, 5) is 4.11. The van der Waals surface area contributed by atoms with Crippen LogP contribution in [0.5, 0.6) is 0 Å². The third-order valence-corrected chi connectivity index (χ3v) is 3.10. The van der Waals surface area contributed by atoms with Crippen LogP contribution in [-0.4, -0.2) is 15.2 Å². The molecule has 0 aliphatic carbocycles. The predicted octanol–water partition coefficient (Wildman–Crippen LogP) is 2.24. The van der Waals surface area contributed by atoms with E-state index >= 15 is 0 Å². The molecule has 6 heteroatoms. The van der Waals surface area contributed by atoms with Crippen molar-refractivity contribution in [1.29, 1.82) is 0 Å². The predicted molar refractivity (Wildman–Crippen MR) is 67.9 cm³/mol. The molecule has 2 N–H and O–H groups in total. The fourth-order valence-corrected chi connectivity index (χ4v) is 2.11. The summed E-state index contributed by atoms with van der Waals surface area (Å²) in [5.74, 6) is 0.793. The molecule has 0 saturated heterocycles. The van der Waals surface area contributed by atoms with Crippen molar-refractivity contribution >= 4 is 11.3 Å². The Morgan fingerprint density at radius 3 is 2.72 bits per heavy atom. The van der Waals surface area contributed by atoms with Crippen molar-refractivity contribution in [3.05, 3.63) is 52.7 Å². The number of benzene rings is 1. The summed E-state index contributed by atoms with van der Waals surface area (Å²) in [5.41, 5.74) is 9.40. The van der Waals surface area contributed by atoms with Crippen LogP contribution in [0.15, 0.2) is 45.6 Å². The minimum Gasteiger partial charge on any atom is -0.417 e. The van der Waals surface area contributed by atoms with Gasteiger partial charge in [0.15, 0.2) is 0 Å². The Kier molecular flexibility index (Phi) is 2.87. The van der Waals surface area contributed by atoms with Crippen LogP contribution in [0.25, 0.3) is 11.6 Å². The normalized spacial score (nSPS) is 12.5. The van der Waals surface area contributed by atoms with Crippen LogP contribution in [0.2, 0.25) is 0 Å². The summed E-state index contributed by atoms with van der Waals surface area (Å²) in [6, 6.07) is 9.23. The van der Waals surface area contributed by atoms with Gasteiger partial charge in [0.2, 0.25) is 5.89 Å². The average Bonchev–Trinajstić information content (AvgIpc) is 3.09. The highest BCUT2D eigenvalue weighted by atomic mass is 32.1. The van der Waals surface area contributed by atoms with E-state index < -0.39 is 6.04 Å². The lowest BCUT2D eigenvalue weighted by molar-refractivity contribution is 0.483. The van der Waals surface area contributed by atoms with Crippen LogP contribution in [0.3, 0.4) is 0 Å². The van der Waals surface area contributed by atoms with Gasteiger partial charge in [0.25, 0.3) is 5.89 Å². The number of rotatable bonds is 3. The molecule has 0 radical (unpaired) electrons. The van der Waals surface area contributed by atoms with Gasteiger partial charge in [0, 0.05) is 5.38 Å². The van der Waals surface area contributed by atoms with E-state index in [0.29, 0.717) is 17.5 Å². The molecule has 18 heavy (non-hydrogen) atoms. The highest BCUT2D eigenvalue weighted by molar-refractivity contribution is 7.07. The number of hydrogen-bond acceptors (Lipinski definition) is 6. The molecule has 1 aromatic carbocycles. The number of nitrogens with zero attached hydrogens (tertiary/aromatic N) is 3. The Morgan fingerprint density at radius 2 is 2.00 bits per heavy atom. The average molecular weight is 258 g/mol. The summed E-state index contributed by atoms with van der Waals surface area (Å²) < 4.78 is 5.54. The maximum Gasteiger partial charge on any atom is 0.267 e. The molecule has 0 spiro atoms. The first-order valence-corrected chi connectivity index (χ1v) is 6.31. The number of thiazole rings is 1. The zero-order valence-electron chi connectivity index (χ0n) is 9.35. The standard InChI is InChI=1S/C12H10N4OS/c13-10(8-4-2-1-3-5-8)12-16-15-11(17-12)9-6-18-7-14-9/h1-7,10H,13H2. The second-order valence-corrected chi connectivity index (χ2v) is 4.43. The quantitative estimate of drug-likeness (QED) is 0.779. The van der Waals surface area contributed by atoms with Crippen LogP contribution >= 0.6 is 11.3 Å². The molecule has 0 aliphatic rings. The first kappa shape index (κ1) is 11.1. The highest BCUT2D eigenvalue weighted by Crippen LogP contribution is 2.22. The molecule has 5 nitrogen and oxygen atoms in total. The van der Waals surface area contributed by atoms with E-state index in [0.717, 1.165) is 5.56 Å². The van der Waals surface area contributed by atoms with E-state index in [1.807, 2.05) is 35.7 Å². The topological polar surface area (TPSA) is 77.8 Å². The zero-order valence-corrected chi connectivity index (χ0v) is 10.2. The lowest BCUT2D eigenvalue weighted by Gasteiger charge is -2.05. The molecule has 0 bridgehead atoms. The van der Waals surface area contributed by atoms with Gasteiger partial charge in [-0.1, -0.05) is 30.3 Å². The van der Waals surface area contributed by atoms with E-state index in [1.54, 1.807) is 5.51 Å². The van der Waals surface area contributed by atoms with Gasteiger partial charge in [-0.05, 0) is 5.56 Å². The molecule has 1 atom stereocenters. The molecule has 0 aliphatic heterocycles. The second kappa shape index (κ2) is 4.67. The molecule has 0 amide bonds. The molecule has 1 unspecified atom stereocenters. The summed E-state index contributed by atoms with van der Waals surface area (Å²) in [7, 11) is 0. The molecular formula is C12H10N4OS. The number of nitrogens with two attached hydrogens (primary N) is 1. The first-order chi connectivity index (χ1) is 8.84. The van der Waals surface area contributed by atoms with Gasteiger partial charge in [-0.25, -0.2) is 4.98 Å². The van der Waals surface area contributed by atoms with Crippen molar-refractivity contribution in [1.82, 2.24) is 15.2 Å². The summed E-state index contributed by atoms with van der Waals surface area (Å²) in [6.07, 6.45) is 0. The van der Waals surface area contributed by atoms with E-state index in [2.05, 4.69) is 15.2 Å². The smallest absolute Gasteiger partial charge is 0.267 e. The zero-order chi connectivity index (χ0) is 12.4. The largest absolute Gasteiger partial charge is 0.417 e. The lowest BCUT2D eigenvalue weighted by atomic mass is 10.1. The van der Waals surface area contributed by atoms with Crippen LogP contribution < -0.4 is 5.73 Å². The van der Waals surface area contributed by atoms with Gasteiger partial charge in [-0.15, -0.1) is 21.5 Å². The highest BCUT2D eigenvalue weighted by Gasteiger charge is 2.17. The summed E-state index contributed by atoms with van der Waals surface area (Å²) >= 11 is 1.48. The number of aromatic nitrogens is 3. The van der Waals surface area contributed by atoms with E-state index in [9.17, 15) is 0 Å². The third kappa shape index (κ3) is 2.03. The SMILES string of the molecule is NC(c1ccccc1)c1nnc(-c2cscn2)o1. The van der Waals surface area contributed by atoms with Crippen molar-refractivity contribution in [2.45, 2.75) is 6.04 Å². The number of hydrogen-bond donors (Lipinski definition) is 1. The Bertz CT molecular complexity index is 621. The van der Waals surface area contributed by atoms with Crippen molar-refractivity contribution in [3.8, 4) is 11.6 Å². The first-order valence-electron chi connectivity index (χ1n) is 5.37. The molecule has 0 saturated carbocycles. The molecule has 2 heterocycles. The van der Waals surface area contributed by atoms with Crippen LogP contribution in [-0.2, 0) is 0 Å². The van der Waals surface area contributed by atoms with Crippen molar-refractivity contribution in [2.75, 3.05) is 0 Å². The van der Waals surface area contributed by atoms with Gasteiger partial charge < -0.3 is 10.2 Å². The van der Waals surface area contributed by atoms with Gasteiger partial charge in [0.05, 0.1) is 5.51 Å². The maximum atomic E-state index is 6.07. The van der Waals surface area contributed by atoms with Gasteiger partial charge in [-0.3, -0.25) is 0 Å². The monoisotopic (exact) mass is 258 g/mol. The van der Waals surface area contributed by atoms with Gasteiger partial charge in [-0.2, -0.15) is 0 Å². The Labute approximate surface area is 107 Å². The van der Waals surface area contributed by atoms with E-state index in [1.165, 1.54) is 11.3 Å². The lowest BCUT2D eigenvalue weighted by Crippen LogP contribution is -2.11. The summed E-state index contributed by atoms with van der Waals surface area (Å²) in [6.45, 7) is 0. The Balaban J connectivity index is 1.90. The minimum atomic E-state index is -0.411. The Hall–Kier alpha value is -2.05. The fourth-order valence-electron chi connectivity index (χ4n) is 1.58. The van der Waals surface area contributed by atoms with E-state index in [-0.39, 0.29) is 0 Å². The third-order valence-electron chi connectivity index (χ3n) is 2.52. The molecule has 90 valence electrons. The molecule has 0 fully saturated rings. The Morgan fingerprint density at radius 1 is 1.17 bits per heavy atom. The summed E-state index contributed by atoms with van der Waals surface area (Å²) in [5, 5.41) is 9.78. The second-order valence-electron chi connectivity index (χ2n) is 3.71. The maximum absolute atomic E-state index is 6.07. The molecular weight excluding hydrogens is 248 g/mol. The molecule has 2 aromatic heterocycles.